The van der Waals surface area contributed by atoms with Gasteiger partial charge < -0.3 is 14.9 Å². The monoisotopic (exact) mass is 248 g/mol. The quantitative estimate of drug-likeness (QED) is 0.423. The molecule has 0 saturated carbocycles. The SMILES string of the molecule is COC(=O)C(O)C(O)c1ncc([N+](=O)[O-])s1. The summed E-state index contributed by atoms with van der Waals surface area (Å²) >= 11 is 0.577. The molecule has 1 aromatic heterocycles. The summed E-state index contributed by atoms with van der Waals surface area (Å²) < 4.78 is 4.20. The molecule has 2 N–H and O–H groups in total. The summed E-state index contributed by atoms with van der Waals surface area (Å²) in [4.78, 5) is 24.1. The Bertz CT molecular complexity index is 405. The van der Waals surface area contributed by atoms with Gasteiger partial charge in [0.25, 0.3) is 0 Å². The first-order chi connectivity index (χ1) is 7.47. The minimum Gasteiger partial charge on any atom is -0.467 e. The number of rotatable bonds is 4. The number of aliphatic hydroxyl groups is 2. The molecule has 2 unspecified atom stereocenters. The van der Waals surface area contributed by atoms with Crippen molar-refractivity contribution in [3.63, 3.8) is 0 Å². The fourth-order valence-corrected chi connectivity index (χ4v) is 1.63. The number of methoxy groups -OCH3 is 1. The van der Waals surface area contributed by atoms with E-state index in [0.717, 1.165) is 13.3 Å². The minimum atomic E-state index is -1.81. The number of hydrogen-bond donors (Lipinski definition) is 2. The maximum absolute atomic E-state index is 10.9. The normalized spacial score (nSPS) is 14.2. The number of esters is 1. The number of aliphatic hydroxyl groups excluding tert-OH is 2. The third-order valence-corrected chi connectivity index (χ3v) is 2.71. The first kappa shape index (κ1) is 12.5. The molecule has 0 saturated heterocycles. The van der Waals surface area contributed by atoms with Crippen molar-refractivity contribution in [3.05, 3.63) is 21.3 Å². The number of ether oxygens (including phenoxy) is 1. The average Bonchev–Trinajstić information content (AvgIpc) is 2.75. The Morgan fingerprint density at radius 3 is 2.75 bits per heavy atom. The van der Waals surface area contributed by atoms with E-state index in [1.807, 2.05) is 0 Å². The van der Waals surface area contributed by atoms with Crippen LogP contribution in [0.15, 0.2) is 6.20 Å². The van der Waals surface area contributed by atoms with Crippen LogP contribution in [-0.4, -0.2) is 39.3 Å². The second kappa shape index (κ2) is 4.96. The maximum atomic E-state index is 10.9. The Kier molecular flexibility index (Phi) is 3.88. The summed E-state index contributed by atoms with van der Waals surface area (Å²) in [5.41, 5.74) is 0. The highest BCUT2D eigenvalue weighted by Crippen LogP contribution is 2.27. The smallest absolute Gasteiger partial charge is 0.344 e. The van der Waals surface area contributed by atoms with Gasteiger partial charge in [0.2, 0.25) is 0 Å². The van der Waals surface area contributed by atoms with Crippen molar-refractivity contribution >= 4 is 22.3 Å². The fraction of sp³-hybridized carbons (Fsp3) is 0.429. The molecule has 0 amide bonds. The number of aromatic nitrogens is 1. The molecule has 0 aromatic carbocycles. The highest BCUT2D eigenvalue weighted by molar-refractivity contribution is 7.14. The van der Waals surface area contributed by atoms with Crippen LogP contribution in [0.3, 0.4) is 0 Å². The number of thiazole rings is 1. The van der Waals surface area contributed by atoms with E-state index < -0.39 is 23.1 Å². The van der Waals surface area contributed by atoms with Crippen molar-refractivity contribution in [3.8, 4) is 0 Å². The van der Waals surface area contributed by atoms with Crippen LogP contribution in [0, 0.1) is 10.1 Å². The van der Waals surface area contributed by atoms with Gasteiger partial charge in [0.1, 0.15) is 17.3 Å². The molecular weight excluding hydrogens is 240 g/mol. The Hall–Kier alpha value is -1.58. The summed E-state index contributed by atoms with van der Waals surface area (Å²) in [5, 5.41) is 28.7. The molecule has 0 aliphatic carbocycles. The number of carbonyl (C=O) groups excluding carboxylic acids is 1. The van der Waals surface area contributed by atoms with Crippen molar-refractivity contribution in [2.45, 2.75) is 12.2 Å². The van der Waals surface area contributed by atoms with E-state index in [1.54, 1.807) is 0 Å². The summed E-state index contributed by atoms with van der Waals surface area (Å²) in [6, 6.07) is 0. The largest absolute Gasteiger partial charge is 0.467 e. The molecule has 0 bridgehead atoms. The number of hydrogen-bond acceptors (Lipinski definition) is 8. The van der Waals surface area contributed by atoms with Gasteiger partial charge >= 0.3 is 11.0 Å². The number of carbonyl (C=O) groups is 1. The van der Waals surface area contributed by atoms with Gasteiger partial charge in [0.05, 0.1) is 12.0 Å². The molecule has 1 aromatic rings. The molecular formula is C7H8N2O6S. The Labute approximate surface area is 93.3 Å². The average molecular weight is 248 g/mol. The van der Waals surface area contributed by atoms with E-state index >= 15 is 0 Å². The number of nitro groups is 1. The standard InChI is InChI=1S/C7H8N2O6S/c1-15-7(12)5(11)4(10)6-8-2-3(16-6)9(13)14/h2,4-5,10-11H,1H3. The zero-order valence-corrected chi connectivity index (χ0v) is 8.88. The lowest BCUT2D eigenvalue weighted by molar-refractivity contribution is -0.380. The third-order valence-electron chi connectivity index (χ3n) is 1.69. The molecule has 0 aliphatic rings. The predicted molar refractivity (Wildman–Crippen MR) is 51.8 cm³/mol. The molecule has 0 radical (unpaired) electrons. The van der Waals surface area contributed by atoms with Crippen LogP contribution in [-0.2, 0) is 9.53 Å². The van der Waals surface area contributed by atoms with Crippen molar-refractivity contribution in [1.82, 2.24) is 4.98 Å². The highest BCUT2D eigenvalue weighted by atomic mass is 32.1. The van der Waals surface area contributed by atoms with Crippen LogP contribution in [0.25, 0.3) is 0 Å². The Morgan fingerprint density at radius 1 is 1.69 bits per heavy atom. The van der Waals surface area contributed by atoms with Gasteiger partial charge in [-0.1, -0.05) is 0 Å². The molecule has 1 heterocycles. The van der Waals surface area contributed by atoms with Gasteiger partial charge in [0, 0.05) is 0 Å². The van der Waals surface area contributed by atoms with E-state index in [1.165, 1.54) is 0 Å². The lowest BCUT2D eigenvalue weighted by Gasteiger charge is -2.12. The molecule has 1 rings (SSSR count). The van der Waals surface area contributed by atoms with Gasteiger partial charge in [-0.3, -0.25) is 10.1 Å². The van der Waals surface area contributed by atoms with Crippen molar-refractivity contribution in [1.29, 1.82) is 0 Å². The van der Waals surface area contributed by atoms with Gasteiger partial charge in [-0.05, 0) is 11.3 Å². The third kappa shape index (κ3) is 2.51. The van der Waals surface area contributed by atoms with Gasteiger partial charge in [0.15, 0.2) is 6.10 Å². The van der Waals surface area contributed by atoms with Crippen LogP contribution in [0.2, 0.25) is 0 Å². The summed E-state index contributed by atoms with van der Waals surface area (Å²) in [6.45, 7) is 0. The maximum Gasteiger partial charge on any atom is 0.344 e. The van der Waals surface area contributed by atoms with E-state index in [-0.39, 0.29) is 10.0 Å². The van der Waals surface area contributed by atoms with Gasteiger partial charge in [-0.15, -0.1) is 0 Å². The predicted octanol–water partition coefficient (Wildman–Crippen LogP) is -0.381. The van der Waals surface area contributed by atoms with Crippen LogP contribution < -0.4 is 0 Å². The van der Waals surface area contributed by atoms with E-state index in [9.17, 15) is 25.1 Å². The highest BCUT2D eigenvalue weighted by Gasteiger charge is 2.30. The molecule has 0 aliphatic heterocycles. The van der Waals surface area contributed by atoms with E-state index in [4.69, 9.17) is 0 Å². The van der Waals surface area contributed by atoms with Crippen LogP contribution >= 0.6 is 11.3 Å². The van der Waals surface area contributed by atoms with Gasteiger partial charge in [-0.2, -0.15) is 0 Å². The summed E-state index contributed by atoms with van der Waals surface area (Å²) in [6.07, 6.45) is -2.50. The van der Waals surface area contributed by atoms with Crippen molar-refractivity contribution in [2.24, 2.45) is 0 Å². The van der Waals surface area contributed by atoms with Gasteiger partial charge in [-0.25, -0.2) is 9.78 Å². The second-order valence-electron chi connectivity index (χ2n) is 2.71. The lowest BCUT2D eigenvalue weighted by atomic mass is 10.2. The molecule has 88 valence electrons. The van der Waals surface area contributed by atoms with E-state index in [2.05, 4.69) is 9.72 Å². The summed E-state index contributed by atoms with van der Waals surface area (Å²) in [5.74, 6) is -1.04. The first-order valence-corrected chi connectivity index (χ1v) is 4.83. The second-order valence-corrected chi connectivity index (χ2v) is 3.75. The first-order valence-electron chi connectivity index (χ1n) is 4.01. The van der Waals surface area contributed by atoms with Crippen molar-refractivity contribution < 1.29 is 24.7 Å². The minimum absolute atomic E-state index is 0.121. The zero-order chi connectivity index (χ0) is 12.3. The molecule has 9 heteroatoms. The Morgan fingerprint density at radius 2 is 2.31 bits per heavy atom. The van der Waals surface area contributed by atoms with Crippen LogP contribution in [0.1, 0.15) is 11.1 Å². The van der Waals surface area contributed by atoms with E-state index in [0.29, 0.717) is 11.3 Å². The van der Waals surface area contributed by atoms with Crippen LogP contribution in [0.4, 0.5) is 5.00 Å². The molecule has 8 nitrogen and oxygen atoms in total. The molecule has 16 heavy (non-hydrogen) atoms. The summed E-state index contributed by atoms with van der Waals surface area (Å²) in [7, 11) is 1.04. The number of nitrogens with zero attached hydrogens (tertiary/aromatic N) is 2. The zero-order valence-electron chi connectivity index (χ0n) is 8.06. The lowest BCUT2D eigenvalue weighted by Crippen LogP contribution is -2.28. The molecule has 2 atom stereocenters. The Balaban J connectivity index is 2.83. The van der Waals surface area contributed by atoms with Crippen molar-refractivity contribution in [2.75, 3.05) is 7.11 Å². The molecule has 0 spiro atoms. The topological polar surface area (TPSA) is 123 Å². The molecule has 0 fully saturated rings. The fourth-order valence-electron chi connectivity index (χ4n) is 0.885. The van der Waals surface area contributed by atoms with Crippen LogP contribution in [0.5, 0.6) is 0 Å².